The zero-order valence-electron chi connectivity index (χ0n) is 11.9. The van der Waals surface area contributed by atoms with E-state index in [1.807, 2.05) is 0 Å². The van der Waals surface area contributed by atoms with Gasteiger partial charge in [-0.15, -0.1) is 0 Å². The molecule has 0 bridgehead atoms. The number of hydrogen-bond donors (Lipinski definition) is 2. The van der Waals surface area contributed by atoms with Gasteiger partial charge in [0.15, 0.2) is 5.84 Å². The highest BCUT2D eigenvalue weighted by Crippen LogP contribution is 2.19. The van der Waals surface area contributed by atoms with E-state index in [0.717, 1.165) is 31.7 Å². The van der Waals surface area contributed by atoms with E-state index in [1.165, 1.54) is 0 Å². The largest absolute Gasteiger partial charge is 0.409 e. The summed E-state index contributed by atoms with van der Waals surface area (Å²) in [5.41, 5.74) is 7.32. The van der Waals surface area contributed by atoms with Crippen LogP contribution in [0.3, 0.4) is 0 Å². The molecule has 1 heterocycles. The Morgan fingerprint density at radius 1 is 1.42 bits per heavy atom. The van der Waals surface area contributed by atoms with E-state index in [2.05, 4.69) is 41.0 Å². The number of oxime groups is 1. The molecule has 0 spiro atoms. The van der Waals surface area contributed by atoms with E-state index in [-0.39, 0.29) is 5.84 Å². The summed E-state index contributed by atoms with van der Waals surface area (Å²) in [7, 11) is 4.12. The Bertz CT molecular complexity index is 419. The highest BCUT2D eigenvalue weighted by atomic mass is 16.4. The van der Waals surface area contributed by atoms with Crippen LogP contribution in [0.25, 0.3) is 0 Å². The molecule has 0 amide bonds. The van der Waals surface area contributed by atoms with Gasteiger partial charge in [-0.3, -0.25) is 4.98 Å². The normalized spacial score (nSPS) is 11.9. The van der Waals surface area contributed by atoms with Gasteiger partial charge in [0.1, 0.15) is 0 Å². The molecule has 0 unspecified atom stereocenters. The second-order valence-corrected chi connectivity index (χ2v) is 4.61. The van der Waals surface area contributed by atoms with Gasteiger partial charge in [0, 0.05) is 24.8 Å². The second-order valence-electron chi connectivity index (χ2n) is 4.61. The van der Waals surface area contributed by atoms with Gasteiger partial charge in [0.2, 0.25) is 0 Å². The first-order chi connectivity index (χ1) is 9.10. The fourth-order valence-corrected chi connectivity index (χ4v) is 1.94. The summed E-state index contributed by atoms with van der Waals surface area (Å²) < 4.78 is 0. The molecule has 3 N–H and O–H groups in total. The summed E-state index contributed by atoms with van der Waals surface area (Å²) in [5, 5.41) is 11.9. The molecule has 0 saturated carbocycles. The third-order valence-electron chi connectivity index (χ3n) is 2.94. The molecule has 0 saturated heterocycles. The molecule has 6 nitrogen and oxygen atoms in total. The van der Waals surface area contributed by atoms with E-state index in [0.29, 0.717) is 5.56 Å². The van der Waals surface area contributed by atoms with Crippen molar-refractivity contribution >= 4 is 11.5 Å². The second kappa shape index (κ2) is 7.58. The van der Waals surface area contributed by atoms with Gasteiger partial charge in [0.05, 0.1) is 11.9 Å². The highest BCUT2D eigenvalue weighted by molar-refractivity contribution is 6.01. The molecule has 6 heteroatoms. The zero-order valence-corrected chi connectivity index (χ0v) is 11.9. The van der Waals surface area contributed by atoms with Gasteiger partial charge in [-0.25, -0.2) is 0 Å². The van der Waals surface area contributed by atoms with E-state index >= 15 is 0 Å². The van der Waals surface area contributed by atoms with Gasteiger partial charge in [0.25, 0.3) is 0 Å². The van der Waals surface area contributed by atoms with Crippen LogP contribution in [-0.4, -0.2) is 54.7 Å². The summed E-state index contributed by atoms with van der Waals surface area (Å²) in [6.45, 7) is 4.87. The smallest absolute Gasteiger partial charge is 0.172 e. The molecule has 19 heavy (non-hydrogen) atoms. The lowest BCUT2D eigenvalue weighted by Gasteiger charge is -2.25. The minimum Gasteiger partial charge on any atom is -0.409 e. The molecule has 106 valence electrons. The number of aromatic nitrogens is 1. The Morgan fingerprint density at radius 3 is 2.74 bits per heavy atom. The summed E-state index contributed by atoms with van der Waals surface area (Å²) in [6, 6.07) is 1.76. The third kappa shape index (κ3) is 4.40. The molecule has 0 radical (unpaired) electrons. The zero-order chi connectivity index (χ0) is 14.3. The van der Waals surface area contributed by atoms with Crippen LogP contribution < -0.4 is 10.6 Å². The van der Waals surface area contributed by atoms with Gasteiger partial charge in [-0.1, -0.05) is 5.16 Å². The Hall–Kier alpha value is -1.82. The van der Waals surface area contributed by atoms with E-state index in [9.17, 15) is 0 Å². The van der Waals surface area contributed by atoms with Crippen molar-refractivity contribution in [3.63, 3.8) is 0 Å². The molecule has 0 aliphatic carbocycles. The lowest BCUT2D eigenvalue weighted by atomic mass is 10.2. The fourth-order valence-electron chi connectivity index (χ4n) is 1.94. The summed E-state index contributed by atoms with van der Waals surface area (Å²) in [6.07, 6.45) is 4.45. The van der Waals surface area contributed by atoms with Gasteiger partial charge < -0.3 is 20.7 Å². The minimum atomic E-state index is 0.114. The summed E-state index contributed by atoms with van der Waals surface area (Å²) >= 11 is 0. The van der Waals surface area contributed by atoms with E-state index in [4.69, 9.17) is 10.9 Å². The molecule has 0 aliphatic heterocycles. The van der Waals surface area contributed by atoms with Crippen molar-refractivity contribution in [2.24, 2.45) is 10.9 Å². The van der Waals surface area contributed by atoms with Crippen molar-refractivity contribution in [1.29, 1.82) is 0 Å². The summed E-state index contributed by atoms with van der Waals surface area (Å²) in [4.78, 5) is 8.47. The SMILES string of the molecule is CCN(CCCN(C)C)c1cnccc1/C(N)=N/O. The van der Waals surface area contributed by atoms with E-state index in [1.54, 1.807) is 18.5 Å². The maximum absolute atomic E-state index is 8.83. The molecular weight excluding hydrogens is 242 g/mol. The maximum Gasteiger partial charge on any atom is 0.172 e. The van der Waals surface area contributed by atoms with Crippen LogP contribution in [0.2, 0.25) is 0 Å². The Labute approximate surface area is 114 Å². The molecule has 1 aromatic heterocycles. The number of hydrogen-bond acceptors (Lipinski definition) is 5. The van der Waals surface area contributed by atoms with Crippen LogP contribution in [-0.2, 0) is 0 Å². The predicted molar refractivity (Wildman–Crippen MR) is 77.8 cm³/mol. The molecule has 0 atom stereocenters. The number of nitrogens with two attached hydrogens (primary N) is 1. The first-order valence-electron chi connectivity index (χ1n) is 6.41. The Balaban J connectivity index is 2.86. The molecule has 0 aromatic carbocycles. The fraction of sp³-hybridized carbons (Fsp3) is 0.538. The molecule has 1 aromatic rings. The lowest BCUT2D eigenvalue weighted by Crippen LogP contribution is -2.29. The monoisotopic (exact) mass is 265 g/mol. The topological polar surface area (TPSA) is 78.0 Å². The lowest BCUT2D eigenvalue weighted by molar-refractivity contribution is 0.318. The Kier molecular flexibility index (Phi) is 6.08. The predicted octanol–water partition coefficient (Wildman–Crippen LogP) is 0.954. The molecule has 0 fully saturated rings. The van der Waals surface area contributed by atoms with Crippen molar-refractivity contribution in [2.45, 2.75) is 13.3 Å². The minimum absolute atomic E-state index is 0.114. The first kappa shape index (κ1) is 15.2. The van der Waals surface area contributed by atoms with Gasteiger partial charge in [-0.05, 0) is 40.1 Å². The number of nitrogens with zero attached hydrogens (tertiary/aromatic N) is 4. The van der Waals surface area contributed by atoms with Crippen LogP contribution in [0.15, 0.2) is 23.6 Å². The van der Waals surface area contributed by atoms with Gasteiger partial charge >= 0.3 is 0 Å². The van der Waals surface area contributed by atoms with Crippen LogP contribution in [0.1, 0.15) is 18.9 Å². The maximum atomic E-state index is 8.83. The van der Waals surface area contributed by atoms with Crippen LogP contribution in [0.4, 0.5) is 5.69 Å². The van der Waals surface area contributed by atoms with Crippen molar-refractivity contribution < 1.29 is 5.21 Å². The average molecular weight is 265 g/mol. The van der Waals surface area contributed by atoms with Crippen LogP contribution in [0, 0.1) is 0 Å². The van der Waals surface area contributed by atoms with Crippen molar-refractivity contribution in [2.75, 3.05) is 38.6 Å². The standard InChI is InChI=1S/C13H23N5O/c1-4-18(9-5-8-17(2)3)12-10-15-7-6-11(12)13(14)16-19/h6-7,10,19H,4-5,8-9H2,1-3H3,(H2,14,16). The molecule has 0 aliphatic rings. The van der Waals surface area contributed by atoms with Crippen molar-refractivity contribution in [3.05, 3.63) is 24.0 Å². The summed E-state index contributed by atoms with van der Waals surface area (Å²) in [5.74, 6) is 0.114. The number of rotatable bonds is 7. The number of amidine groups is 1. The van der Waals surface area contributed by atoms with Crippen LogP contribution >= 0.6 is 0 Å². The quantitative estimate of drug-likeness (QED) is 0.332. The van der Waals surface area contributed by atoms with Gasteiger partial charge in [-0.2, -0.15) is 0 Å². The van der Waals surface area contributed by atoms with E-state index < -0.39 is 0 Å². The Morgan fingerprint density at radius 2 is 2.16 bits per heavy atom. The average Bonchev–Trinajstić information content (AvgIpc) is 2.42. The number of pyridine rings is 1. The molecular formula is C13H23N5O. The highest BCUT2D eigenvalue weighted by Gasteiger charge is 2.12. The van der Waals surface area contributed by atoms with Crippen molar-refractivity contribution in [1.82, 2.24) is 9.88 Å². The van der Waals surface area contributed by atoms with Crippen LogP contribution in [0.5, 0.6) is 0 Å². The third-order valence-corrected chi connectivity index (χ3v) is 2.94. The first-order valence-corrected chi connectivity index (χ1v) is 6.41. The molecule has 1 rings (SSSR count). The van der Waals surface area contributed by atoms with Crippen molar-refractivity contribution in [3.8, 4) is 0 Å². The number of anilines is 1.